The van der Waals surface area contributed by atoms with E-state index in [0.29, 0.717) is 0 Å². The molecule has 2 aromatic carbocycles. The van der Waals surface area contributed by atoms with Gasteiger partial charge in [-0.1, -0.05) is 0 Å². The molecule has 8 nitrogen and oxygen atoms in total. The highest BCUT2D eigenvalue weighted by molar-refractivity contribution is 7.92. The van der Waals surface area contributed by atoms with Crippen LogP contribution >= 0.6 is 0 Å². The smallest absolute Gasteiger partial charge is 0.406 e. The van der Waals surface area contributed by atoms with E-state index in [1.165, 1.54) is 30.8 Å². The first-order valence-electron chi connectivity index (χ1n) is 7.97. The van der Waals surface area contributed by atoms with E-state index in [-0.39, 0.29) is 21.5 Å². The van der Waals surface area contributed by atoms with Crippen LogP contribution in [0.25, 0.3) is 10.9 Å². The summed E-state index contributed by atoms with van der Waals surface area (Å²) in [6.07, 6.45) is -4.86. The Hall–Kier alpha value is -3.28. The molecular formula is C17H14F3N3O5S. The zero-order valence-corrected chi connectivity index (χ0v) is 15.8. The van der Waals surface area contributed by atoms with Crippen molar-refractivity contribution in [2.24, 2.45) is 14.1 Å². The van der Waals surface area contributed by atoms with Crippen molar-refractivity contribution in [3.63, 3.8) is 0 Å². The number of hydrogen-bond donors (Lipinski definition) is 1. The first kappa shape index (κ1) is 20.5. The van der Waals surface area contributed by atoms with Gasteiger partial charge in [0.1, 0.15) is 5.75 Å². The van der Waals surface area contributed by atoms with E-state index >= 15 is 0 Å². The minimum Gasteiger partial charge on any atom is -0.406 e. The molecule has 0 bridgehead atoms. The summed E-state index contributed by atoms with van der Waals surface area (Å²) in [5.41, 5.74) is -0.968. The van der Waals surface area contributed by atoms with Gasteiger partial charge in [-0.05, 0) is 42.5 Å². The number of halogens is 3. The molecule has 0 saturated heterocycles. The number of aromatic nitrogens is 2. The second-order valence-electron chi connectivity index (χ2n) is 6.06. The number of benzene rings is 2. The number of fused-ring (bicyclic) bond motifs is 1. The third kappa shape index (κ3) is 4.11. The summed E-state index contributed by atoms with van der Waals surface area (Å²) in [6, 6.07) is 7.78. The van der Waals surface area contributed by atoms with Crippen molar-refractivity contribution in [2.45, 2.75) is 11.3 Å². The third-order valence-electron chi connectivity index (χ3n) is 4.09. The molecule has 154 valence electrons. The molecule has 0 aliphatic heterocycles. The zero-order valence-electron chi connectivity index (χ0n) is 15.0. The van der Waals surface area contributed by atoms with Gasteiger partial charge in [-0.15, -0.1) is 13.2 Å². The molecule has 3 aromatic rings. The van der Waals surface area contributed by atoms with Gasteiger partial charge in [-0.25, -0.2) is 13.2 Å². The van der Waals surface area contributed by atoms with Crippen molar-refractivity contribution in [3.8, 4) is 5.75 Å². The fourth-order valence-electron chi connectivity index (χ4n) is 2.68. The molecule has 0 aliphatic carbocycles. The Labute approximate surface area is 161 Å². The molecule has 1 aromatic heterocycles. The van der Waals surface area contributed by atoms with Crippen molar-refractivity contribution >= 4 is 26.6 Å². The summed E-state index contributed by atoms with van der Waals surface area (Å²) < 4.78 is 69.8. The first-order valence-corrected chi connectivity index (χ1v) is 9.46. The Kier molecular flexibility index (Phi) is 4.91. The normalized spacial score (nSPS) is 12.2. The lowest BCUT2D eigenvalue weighted by Gasteiger charge is -2.12. The fourth-order valence-corrected chi connectivity index (χ4v) is 3.76. The van der Waals surface area contributed by atoms with Crippen molar-refractivity contribution in [2.75, 3.05) is 4.72 Å². The molecule has 0 unspecified atom stereocenters. The Morgan fingerprint density at radius 3 is 2.17 bits per heavy atom. The highest BCUT2D eigenvalue weighted by atomic mass is 32.2. The monoisotopic (exact) mass is 429 g/mol. The Morgan fingerprint density at radius 2 is 1.59 bits per heavy atom. The number of hydrogen-bond acceptors (Lipinski definition) is 5. The van der Waals surface area contributed by atoms with E-state index < -0.39 is 33.4 Å². The largest absolute Gasteiger partial charge is 0.573 e. The average molecular weight is 429 g/mol. The van der Waals surface area contributed by atoms with Crippen molar-refractivity contribution < 1.29 is 26.3 Å². The van der Waals surface area contributed by atoms with Crippen LogP contribution in [0.2, 0.25) is 0 Å². The van der Waals surface area contributed by atoms with Gasteiger partial charge in [0.25, 0.3) is 15.6 Å². The summed E-state index contributed by atoms with van der Waals surface area (Å²) in [4.78, 5) is 24.0. The predicted molar refractivity (Wildman–Crippen MR) is 98.4 cm³/mol. The predicted octanol–water partition coefficient (Wildman–Crippen LogP) is 1.94. The SMILES string of the molecule is Cn1c(=O)c2cc(S(=O)(=O)Nc3ccc(OC(F)(F)F)cc3)ccc2n(C)c1=O. The molecule has 1 N–H and O–H groups in total. The zero-order chi connectivity index (χ0) is 21.6. The molecule has 0 amide bonds. The molecule has 0 aliphatic rings. The highest BCUT2D eigenvalue weighted by Gasteiger charge is 2.31. The summed E-state index contributed by atoms with van der Waals surface area (Å²) in [5, 5.41) is 0.0198. The maximum atomic E-state index is 12.6. The number of aryl methyl sites for hydroxylation is 1. The van der Waals surface area contributed by atoms with Crippen LogP contribution in [0.5, 0.6) is 5.75 Å². The van der Waals surface area contributed by atoms with Gasteiger partial charge in [0.15, 0.2) is 0 Å². The van der Waals surface area contributed by atoms with Crippen molar-refractivity contribution in [3.05, 3.63) is 63.3 Å². The molecule has 1 heterocycles. The summed E-state index contributed by atoms with van der Waals surface area (Å²) in [5.74, 6) is -0.504. The Balaban J connectivity index is 1.97. The maximum Gasteiger partial charge on any atom is 0.573 e. The van der Waals surface area contributed by atoms with Crippen LogP contribution in [-0.4, -0.2) is 23.9 Å². The van der Waals surface area contributed by atoms with Gasteiger partial charge in [0.2, 0.25) is 0 Å². The minimum atomic E-state index is -4.86. The number of sulfonamides is 1. The van der Waals surface area contributed by atoms with Crippen LogP contribution in [0, 0.1) is 0 Å². The Bertz CT molecular complexity index is 1310. The quantitative estimate of drug-likeness (QED) is 0.683. The molecule has 29 heavy (non-hydrogen) atoms. The molecule has 0 atom stereocenters. The van der Waals surface area contributed by atoms with E-state index in [4.69, 9.17) is 0 Å². The topological polar surface area (TPSA) is 99.4 Å². The van der Waals surface area contributed by atoms with E-state index in [1.807, 2.05) is 0 Å². The second kappa shape index (κ2) is 6.95. The lowest BCUT2D eigenvalue weighted by Crippen LogP contribution is -2.37. The van der Waals surface area contributed by atoms with E-state index in [0.717, 1.165) is 34.9 Å². The van der Waals surface area contributed by atoms with Gasteiger partial charge in [0.05, 0.1) is 15.8 Å². The lowest BCUT2D eigenvalue weighted by molar-refractivity contribution is -0.274. The number of alkyl halides is 3. The molecule has 0 spiro atoms. The molecule has 0 saturated carbocycles. The standard InChI is InChI=1S/C17H14F3N3O5S/c1-22-14-8-7-12(9-13(14)15(24)23(2)16(22)25)29(26,27)21-10-3-5-11(6-4-10)28-17(18,19)20/h3-9,21H,1-2H3. The molecule has 0 radical (unpaired) electrons. The van der Waals surface area contributed by atoms with E-state index in [1.54, 1.807) is 0 Å². The number of anilines is 1. The number of nitrogens with one attached hydrogen (secondary N) is 1. The van der Waals surface area contributed by atoms with Crippen LogP contribution in [0.1, 0.15) is 0 Å². The van der Waals surface area contributed by atoms with Crippen LogP contribution < -0.4 is 20.7 Å². The average Bonchev–Trinajstić information content (AvgIpc) is 2.64. The first-order chi connectivity index (χ1) is 13.4. The van der Waals surface area contributed by atoms with Gasteiger partial charge >= 0.3 is 12.1 Å². The number of nitrogens with zero attached hydrogens (tertiary/aromatic N) is 2. The molecule has 3 rings (SSSR count). The van der Waals surface area contributed by atoms with Crippen molar-refractivity contribution in [1.29, 1.82) is 0 Å². The summed E-state index contributed by atoms with van der Waals surface area (Å²) in [6.45, 7) is 0. The Morgan fingerprint density at radius 1 is 0.966 bits per heavy atom. The van der Waals surface area contributed by atoms with Gasteiger partial charge in [-0.2, -0.15) is 0 Å². The van der Waals surface area contributed by atoms with Crippen LogP contribution in [0.4, 0.5) is 18.9 Å². The minimum absolute atomic E-state index is 0.00649. The molecule has 12 heteroatoms. The van der Waals surface area contributed by atoms with Crippen molar-refractivity contribution in [1.82, 2.24) is 9.13 Å². The summed E-state index contributed by atoms with van der Waals surface area (Å²) in [7, 11) is -1.44. The van der Waals surface area contributed by atoms with Crippen LogP contribution in [0.3, 0.4) is 0 Å². The van der Waals surface area contributed by atoms with Crippen LogP contribution in [0.15, 0.2) is 56.9 Å². The highest BCUT2D eigenvalue weighted by Crippen LogP contribution is 2.25. The molecule has 0 fully saturated rings. The number of ether oxygens (including phenoxy) is 1. The maximum absolute atomic E-state index is 12.6. The summed E-state index contributed by atoms with van der Waals surface area (Å²) >= 11 is 0. The van der Waals surface area contributed by atoms with Gasteiger partial charge in [-0.3, -0.25) is 18.7 Å². The second-order valence-corrected chi connectivity index (χ2v) is 7.74. The fraction of sp³-hybridized carbons (Fsp3) is 0.176. The molecular weight excluding hydrogens is 415 g/mol. The van der Waals surface area contributed by atoms with Gasteiger partial charge in [0, 0.05) is 19.8 Å². The van der Waals surface area contributed by atoms with Gasteiger partial charge < -0.3 is 4.74 Å². The van der Waals surface area contributed by atoms with Crippen LogP contribution in [-0.2, 0) is 24.1 Å². The van der Waals surface area contributed by atoms with E-state index in [9.17, 15) is 31.2 Å². The van der Waals surface area contributed by atoms with E-state index in [2.05, 4.69) is 9.46 Å². The third-order valence-corrected chi connectivity index (χ3v) is 5.47. The number of rotatable bonds is 4. The lowest BCUT2D eigenvalue weighted by atomic mass is 10.2.